The summed E-state index contributed by atoms with van der Waals surface area (Å²) in [7, 11) is 0. The van der Waals surface area contributed by atoms with Gasteiger partial charge in [-0.15, -0.1) is 0 Å². The van der Waals surface area contributed by atoms with E-state index in [0.717, 1.165) is 31.7 Å². The van der Waals surface area contributed by atoms with Gasteiger partial charge in [-0.25, -0.2) is 0 Å². The quantitative estimate of drug-likeness (QED) is 0.413. The van der Waals surface area contributed by atoms with Crippen LogP contribution in [0.3, 0.4) is 0 Å². The summed E-state index contributed by atoms with van der Waals surface area (Å²) in [5.41, 5.74) is 2.60. The van der Waals surface area contributed by atoms with E-state index in [9.17, 15) is 0 Å². The first-order chi connectivity index (χ1) is 12.8. The molecule has 2 heteroatoms. The number of rotatable bonds is 13. The predicted molar refractivity (Wildman–Crippen MR) is 112 cm³/mol. The Morgan fingerprint density at radius 3 is 2.04 bits per heavy atom. The minimum atomic E-state index is 0.792. The van der Waals surface area contributed by atoms with Crippen LogP contribution in [0, 0.1) is 0 Å². The third-order valence-electron chi connectivity index (χ3n) is 4.74. The molecule has 0 saturated carbocycles. The molecule has 2 nitrogen and oxygen atoms in total. The average Bonchev–Trinajstić information content (AvgIpc) is 2.68. The molecule has 26 heavy (non-hydrogen) atoms. The lowest BCUT2D eigenvalue weighted by Crippen LogP contribution is -2.28. The van der Waals surface area contributed by atoms with Crippen LogP contribution in [0.25, 0.3) is 0 Å². The second kappa shape index (κ2) is 12.5. The largest absolute Gasteiger partial charge is 0.493 e. The summed E-state index contributed by atoms with van der Waals surface area (Å²) in [6, 6.07) is 19.1. The zero-order chi connectivity index (χ0) is 18.5. The van der Waals surface area contributed by atoms with Crippen molar-refractivity contribution in [1.82, 2.24) is 4.90 Å². The van der Waals surface area contributed by atoms with Gasteiger partial charge in [0.05, 0.1) is 6.61 Å². The molecule has 0 atom stereocenters. The normalized spacial score (nSPS) is 11.0. The van der Waals surface area contributed by atoms with E-state index in [1.54, 1.807) is 0 Å². The first-order valence-electron chi connectivity index (χ1n) is 10.3. The third kappa shape index (κ3) is 7.61. The average molecular weight is 354 g/mol. The first kappa shape index (κ1) is 20.5. The lowest BCUT2D eigenvalue weighted by Gasteiger charge is -2.22. The zero-order valence-electron chi connectivity index (χ0n) is 16.6. The summed E-state index contributed by atoms with van der Waals surface area (Å²) in [6.07, 6.45) is 7.15. The Balaban J connectivity index is 1.81. The van der Waals surface area contributed by atoms with E-state index >= 15 is 0 Å². The lowest BCUT2D eigenvalue weighted by atomic mass is 10.0. The van der Waals surface area contributed by atoms with Crippen molar-refractivity contribution >= 4 is 0 Å². The van der Waals surface area contributed by atoms with E-state index in [2.05, 4.69) is 73.3 Å². The molecule has 0 spiro atoms. The fourth-order valence-electron chi connectivity index (χ4n) is 3.18. The van der Waals surface area contributed by atoms with Gasteiger partial charge in [0, 0.05) is 13.0 Å². The number of para-hydroxylation sites is 1. The molecule has 0 heterocycles. The summed E-state index contributed by atoms with van der Waals surface area (Å²) in [5, 5.41) is 0. The van der Waals surface area contributed by atoms with E-state index in [1.165, 1.54) is 49.9 Å². The van der Waals surface area contributed by atoms with E-state index in [1.807, 2.05) is 0 Å². The maximum Gasteiger partial charge on any atom is 0.122 e. The van der Waals surface area contributed by atoms with Crippen molar-refractivity contribution in [3.63, 3.8) is 0 Å². The van der Waals surface area contributed by atoms with Gasteiger partial charge in [0.15, 0.2) is 0 Å². The Hall–Kier alpha value is -1.80. The summed E-state index contributed by atoms with van der Waals surface area (Å²) >= 11 is 0. The van der Waals surface area contributed by atoms with Crippen molar-refractivity contribution in [3.05, 3.63) is 65.7 Å². The van der Waals surface area contributed by atoms with Gasteiger partial charge in [-0.2, -0.15) is 0 Å². The van der Waals surface area contributed by atoms with E-state index in [-0.39, 0.29) is 0 Å². The molecule has 0 amide bonds. The summed E-state index contributed by atoms with van der Waals surface area (Å²) in [4.78, 5) is 2.60. The Morgan fingerprint density at radius 2 is 1.35 bits per heavy atom. The van der Waals surface area contributed by atoms with Crippen molar-refractivity contribution in [2.24, 2.45) is 0 Å². The second-order valence-electron chi connectivity index (χ2n) is 7.02. The number of ether oxygens (including phenoxy) is 1. The van der Waals surface area contributed by atoms with Crippen molar-refractivity contribution in [2.75, 3.05) is 26.2 Å². The molecular weight excluding hydrogens is 318 g/mol. The molecule has 0 bridgehead atoms. The standard InChI is InChI=1S/C24H35NO/c1-3-5-17-25(18-6-4-2)19-12-20-26-24-16-11-10-15-23(24)21-22-13-8-7-9-14-22/h7-11,13-16H,3-6,12,17-21H2,1-2H3. The Labute approximate surface area is 160 Å². The minimum absolute atomic E-state index is 0.792. The molecule has 0 saturated heterocycles. The smallest absolute Gasteiger partial charge is 0.122 e. The van der Waals surface area contributed by atoms with Crippen molar-refractivity contribution in [2.45, 2.75) is 52.4 Å². The molecule has 0 aliphatic carbocycles. The van der Waals surface area contributed by atoms with Crippen LogP contribution >= 0.6 is 0 Å². The molecule has 0 fully saturated rings. The molecule has 2 aromatic rings. The van der Waals surface area contributed by atoms with Gasteiger partial charge in [0.2, 0.25) is 0 Å². The summed E-state index contributed by atoms with van der Waals surface area (Å²) in [6.45, 7) is 8.92. The molecule has 2 aromatic carbocycles. The summed E-state index contributed by atoms with van der Waals surface area (Å²) < 4.78 is 6.14. The maximum atomic E-state index is 6.14. The number of hydrogen-bond acceptors (Lipinski definition) is 2. The van der Waals surface area contributed by atoms with Crippen LogP contribution in [-0.2, 0) is 6.42 Å². The molecule has 0 radical (unpaired) electrons. The summed E-state index contributed by atoms with van der Waals surface area (Å²) in [5.74, 6) is 1.03. The van der Waals surface area contributed by atoms with Crippen LogP contribution in [0.4, 0.5) is 0 Å². The number of benzene rings is 2. The number of hydrogen-bond donors (Lipinski definition) is 0. The first-order valence-corrected chi connectivity index (χ1v) is 10.3. The van der Waals surface area contributed by atoms with Crippen molar-refractivity contribution in [1.29, 1.82) is 0 Å². The Kier molecular flexibility index (Phi) is 9.89. The van der Waals surface area contributed by atoms with Crippen LogP contribution in [-0.4, -0.2) is 31.1 Å². The fourth-order valence-corrected chi connectivity index (χ4v) is 3.18. The van der Waals surface area contributed by atoms with Gasteiger partial charge in [0.25, 0.3) is 0 Å². The highest BCUT2D eigenvalue weighted by molar-refractivity contribution is 5.37. The van der Waals surface area contributed by atoms with Crippen LogP contribution in [0.15, 0.2) is 54.6 Å². The molecule has 0 aromatic heterocycles. The molecule has 2 rings (SSSR count). The highest BCUT2D eigenvalue weighted by Crippen LogP contribution is 2.21. The molecule has 0 aliphatic rings. The zero-order valence-corrected chi connectivity index (χ0v) is 16.6. The molecule has 0 aliphatic heterocycles. The van der Waals surface area contributed by atoms with Crippen LogP contribution < -0.4 is 4.74 Å². The van der Waals surface area contributed by atoms with Gasteiger partial charge < -0.3 is 9.64 Å². The molecule has 0 N–H and O–H groups in total. The van der Waals surface area contributed by atoms with Crippen LogP contribution in [0.5, 0.6) is 5.75 Å². The SMILES string of the molecule is CCCCN(CCCC)CCCOc1ccccc1Cc1ccccc1. The third-order valence-corrected chi connectivity index (χ3v) is 4.74. The van der Waals surface area contributed by atoms with Crippen LogP contribution in [0.1, 0.15) is 57.1 Å². The highest BCUT2D eigenvalue weighted by Gasteiger charge is 2.06. The highest BCUT2D eigenvalue weighted by atomic mass is 16.5. The lowest BCUT2D eigenvalue weighted by molar-refractivity contribution is 0.228. The van der Waals surface area contributed by atoms with Gasteiger partial charge in [-0.3, -0.25) is 0 Å². The molecule has 142 valence electrons. The number of nitrogens with zero attached hydrogens (tertiary/aromatic N) is 1. The van der Waals surface area contributed by atoms with Gasteiger partial charge >= 0.3 is 0 Å². The Bertz CT molecular complexity index is 588. The minimum Gasteiger partial charge on any atom is -0.493 e. The monoisotopic (exact) mass is 353 g/mol. The van der Waals surface area contributed by atoms with Crippen molar-refractivity contribution < 1.29 is 4.74 Å². The predicted octanol–water partition coefficient (Wildman–Crippen LogP) is 5.95. The van der Waals surface area contributed by atoms with Gasteiger partial charge in [-0.1, -0.05) is 75.2 Å². The topological polar surface area (TPSA) is 12.5 Å². The fraction of sp³-hybridized carbons (Fsp3) is 0.500. The van der Waals surface area contributed by atoms with E-state index in [0.29, 0.717) is 0 Å². The van der Waals surface area contributed by atoms with Crippen molar-refractivity contribution in [3.8, 4) is 5.75 Å². The second-order valence-corrected chi connectivity index (χ2v) is 7.02. The number of unbranched alkanes of at least 4 members (excludes halogenated alkanes) is 2. The molecule has 0 unspecified atom stereocenters. The van der Waals surface area contributed by atoms with Crippen LogP contribution in [0.2, 0.25) is 0 Å². The van der Waals surface area contributed by atoms with Gasteiger partial charge in [-0.05, 0) is 49.5 Å². The maximum absolute atomic E-state index is 6.14. The van der Waals surface area contributed by atoms with E-state index in [4.69, 9.17) is 4.74 Å². The van der Waals surface area contributed by atoms with E-state index < -0.39 is 0 Å². The Morgan fingerprint density at radius 1 is 0.731 bits per heavy atom. The molecular formula is C24H35NO. The van der Waals surface area contributed by atoms with Gasteiger partial charge in [0.1, 0.15) is 5.75 Å².